The topological polar surface area (TPSA) is 6.48 Å². The molecule has 0 aromatic carbocycles. The Bertz CT molecular complexity index is 200. The van der Waals surface area contributed by atoms with E-state index in [9.17, 15) is 0 Å². The normalized spacial score (nSPS) is 19.4. The fourth-order valence-electron chi connectivity index (χ4n) is 2.93. The molecule has 102 valence electrons. The number of hydrogen-bond donors (Lipinski definition) is 1. The van der Waals surface area contributed by atoms with Crippen molar-refractivity contribution >= 4 is 12.6 Å². The zero-order valence-electron chi connectivity index (χ0n) is 11.9. The largest absolute Gasteiger partial charge is 0.309 e. The Balaban J connectivity index is 2.34. The standard InChI is InChI=1S/C14H30N2S/c1-4-16(11-7-10-15(2)3)12-14(13-17)8-5-6-9-14/h17H,4-13H2,1-3H3. The maximum atomic E-state index is 4.60. The van der Waals surface area contributed by atoms with Crippen molar-refractivity contribution in [2.24, 2.45) is 5.41 Å². The van der Waals surface area contributed by atoms with E-state index in [1.165, 1.54) is 58.3 Å². The van der Waals surface area contributed by atoms with Crippen molar-refractivity contribution < 1.29 is 0 Å². The number of hydrogen-bond acceptors (Lipinski definition) is 3. The predicted molar refractivity (Wildman–Crippen MR) is 80.0 cm³/mol. The van der Waals surface area contributed by atoms with E-state index in [0.29, 0.717) is 5.41 Å². The van der Waals surface area contributed by atoms with E-state index >= 15 is 0 Å². The Morgan fingerprint density at radius 3 is 2.24 bits per heavy atom. The summed E-state index contributed by atoms with van der Waals surface area (Å²) in [6, 6.07) is 0. The zero-order chi connectivity index (χ0) is 12.7. The molecule has 3 heteroatoms. The van der Waals surface area contributed by atoms with Gasteiger partial charge in [-0.1, -0.05) is 19.8 Å². The molecule has 1 rings (SSSR count). The first kappa shape index (κ1) is 15.3. The van der Waals surface area contributed by atoms with Gasteiger partial charge in [0.05, 0.1) is 0 Å². The molecule has 1 fully saturated rings. The third kappa shape index (κ3) is 5.19. The quantitative estimate of drug-likeness (QED) is 0.669. The summed E-state index contributed by atoms with van der Waals surface area (Å²) in [6.45, 7) is 7.18. The van der Waals surface area contributed by atoms with E-state index in [2.05, 4.69) is 43.4 Å². The third-order valence-electron chi connectivity index (χ3n) is 4.09. The van der Waals surface area contributed by atoms with Crippen molar-refractivity contribution in [3.05, 3.63) is 0 Å². The molecule has 0 unspecified atom stereocenters. The number of rotatable bonds is 8. The fraction of sp³-hybridized carbons (Fsp3) is 1.00. The second kappa shape index (κ2) is 7.65. The predicted octanol–water partition coefficient (Wildman–Crippen LogP) is 2.75. The van der Waals surface area contributed by atoms with E-state index in [0.717, 1.165) is 5.75 Å². The molecular formula is C14H30N2S. The molecule has 0 aliphatic heterocycles. The highest BCUT2D eigenvalue weighted by molar-refractivity contribution is 7.80. The number of thiol groups is 1. The molecule has 0 bridgehead atoms. The molecule has 0 amide bonds. The first-order valence-corrected chi connectivity index (χ1v) is 7.73. The van der Waals surface area contributed by atoms with E-state index in [4.69, 9.17) is 0 Å². The van der Waals surface area contributed by atoms with Gasteiger partial charge in [0.15, 0.2) is 0 Å². The van der Waals surface area contributed by atoms with Crippen molar-refractivity contribution in [1.29, 1.82) is 0 Å². The van der Waals surface area contributed by atoms with Crippen molar-refractivity contribution in [2.75, 3.05) is 46.0 Å². The van der Waals surface area contributed by atoms with E-state index in [1.807, 2.05) is 0 Å². The minimum atomic E-state index is 0.525. The van der Waals surface area contributed by atoms with Gasteiger partial charge >= 0.3 is 0 Å². The van der Waals surface area contributed by atoms with Gasteiger partial charge in [-0.05, 0) is 64.2 Å². The lowest BCUT2D eigenvalue weighted by Crippen LogP contribution is -2.38. The van der Waals surface area contributed by atoms with Crippen LogP contribution in [0.25, 0.3) is 0 Å². The van der Waals surface area contributed by atoms with Crippen LogP contribution >= 0.6 is 12.6 Å². The smallest absolute Gasteiger partial charge is 0.00457 e. The molecule has 0 N–H and O–H groups in total. The first-order valence-electron chi connectivity index (χ1n) is 7.10. The van der Waals surface area contributed by atoms with Crippen LogP contribution in [0.15, 0.2) is 0 Å². The minimum Gasteiger partial charge on any atom is -0.309 e. The number of nitrogens with zero attached hydrogens (tertiary/aromatic N) is 2. The van der Waals surface area contributed by atoms with Crippen LogP contribution in [-0.2, 0) is 0 Å². The molecule has 0 aromatic heterocycles. The minimum absolute atomic E-state index is 0.525. The molecule has 1 aliphatic rings. The SMILES string of the molecule is CCN(CCCN(C)C)CC1(CS)CCCC1. The van der Waals surface area contributed by atoms with Crippen LogP contribution in [0, 0.1) is 5.41 Å². The molecule has 0 atom stereocenters. The molecule has 0 radical (unpaired) electrons. The fourth-order valence-corrected chi connectivity index (χ4v) is 3.34. The summed E-state index contributed by atoms with van der Waals surface area (Å²) in [6.07, 6.45) is 6.89. The average Bonchev–Trinajstić information content (AvgIpc) is 2.76. The molecule has 0 heterocycles. The molecule has 0 aromatic rings. The van der Waals surface area contributed by atoms with Crippen LogP contribution < -0.4 is 0 Å². The molecular weight excluding hydrogens is 228 g/mol. The van der Waals surface area contributed by atoms with Gasteiger partial charge in [-0.15, -0.1) is 0 Å². The van der Waals surface area contributed by atoms with Crippen LogP contribution in [0.4, 0.5) is 0 Å². The lowest BCUT2D eigenvalue weighted by Gasteiger charge is -2.34. The Kier molecular flexibility index (Phi) is 6.90. The highest BCUT2D eigenvalue weighted by Gasteiger charge is 2.33. The lowest BCUT2D eigenvalue weighted by molar-refractivity contribution is 0.172. The Morgan fingerprint density at radius 1 is 1.12 bits per heavy atom. The third-order valence-corrected chi connectivity index (χ3v) is 4.76. The maximum Gasteiger partial charge on any atom is 0.00457 e. The van der Waals surface area contributed by atoms with Crippen LogP contribution in [0.1, 0.15) is 39.0 Å². The summed E-state index contributed by atoms with van der Waals surface area (Å²) < 4.78 is 0. The summed E-state index contributed by atoms with van der Waals surface area (Å²) in [5, 5.41) is 0. The van der Waals surface area contributed by atoms with Gasteiger partial charge in [-0.3, -0.25) is 0 Å². The summed E-state index contributed by atoms with van der Waals surface area (Å²) in [7, 11) is 4.31. The maximum absolute atomic E-state index is 4.60. The molecule has 17 heavy (non-hydrogen) atoms. The van der Waals surface area contributed by atoms with Gasteiger partial charge in [-0.25, -0.2) is 0 Å². The van der Waals surface area contributed by atoms with Crippen molar-refractivity contribution in [1.82, 2.24) is 9.80 Å². The highest BCUT2D eigenvalue weighted by atomic mass is 32.1. The van der Waals surface area contributed by atoms with E-state index < -0.39 is 0 Å². The van der Waals surface area contributed by atoms with Crippen LogP contribution in [0.3, 0.4) is 0 Å². The lowest BCUT2D eigenvalue weighted by atomic mass is 9.88. The van der Waals surface area contributed by atoms with Gasteiger partial charge in [0.25, 0.3) is 0 Å². The molecule has 0 saturated heterocycles. The van der Waals surface area contributed by atoms with Crippen molar-refractivity contribution in [3.8, 4) is 0 Å². The molecule has 0 spiro atoms. The van der Waals surface area contributed by atoms with Gasteiger partial charge in [0, 0.05) is 6.54 Å². The Labute approximate surface area is 113 Å². The average molecular weight is 258 g/mol. The second-order valence-corrected chi connectivity index (χ2v) is 6.21. The van der Waals surface area contributed by atoms with Crippen LogP contribution in [0.2, 0.25) is 0 Å². The van der Waals surface area contributed by atoms with Gasteiger partial charge in [0.2, 0.25) is 0 Å². The highest BCUT2D eigenvalue weighted by Crippen LogP contribution is 2.39. The zero-order valence-corrected chi connectivity index (χ0v) is 12.8. The second-order valence-electron chi connectivity index (χ2n) is 5.89. The molecule has 1 aliphatic carbocycles. The summed E-state index contributed by atoms with van der Waals surface area (Å²) in [5.74, 6) is 1.07. The summed E-state index contributed by atoms with van der Waals surface area (Å²) in [5.41, 5.74) is 0.525. The van der Waals surface area contributed by atoms with Gasteiger partial charge < -0.3 is 9.80 Å². The monoisotopic (exact) mass is 258 g/mol. The summed E-state index contributed by atoms with van der Waals surface area (Å²) >= 11 is 4.60. The van der Waals surface area contributed by atoms with Gasteiger partial charge in [-0.2, -0.15) is 12.6 Å². The van der Waals surface area contributed by atoms with Crippen LogP contribution in [0.5, 0.6) is 0 Å². The van der Waals surface area contributed by atoms with Gasteiger partial charge in [0.1, 0.15) is 0 Å². The van der Waals surface area contributed by atoms with Crippen LogP contribution in [-0.4, -0.2) is 55.8 Å². The molecule has 1 saturated carbocycles. The molecule has 2 nitrogen and oxygen atoms in total. The van der Waals surface area contributed by atoms with Crippen molar-refractivity contribution in [2.45, 2.75) is 39.0 Å². The Morgan fingerprint density at radius 2 is 1.76 bits per heavy atom. The first-order chi connectivity index (χ1) is 8.12. The van der Waals surface area contributed by atoms with Crippen molar-refractivity contribution in [3.63, 3.8) is 0 Å². The van der Waals surface area contributed by atoms with E-state index in [-0.39, 0.29) is 0 Å². The Hall–Kier alpha value is 0.270. The summed E-state index contributed by atoms with van der Waals surface area (Å²) in [4.78, 5) is 4.91. The van der Waals surface area contributed by atoms with E-state index in [1.54, 1.807) is 0 Å².